The fourth-order valence-electron chi connectivity index (χ4n) is 15.5. The minimum atomic E-state index is -0.899. The number of nitriles is 3. The molecule has 0 spiro atoms. The van der Waals surface area contributed by atoms with Crippen molar-refractivity contribution < 1.29 is 0 Å². The van der Waals surface area contributed by atoms with Gasteiger partial charge in [-0.25, -0.2) is 4.85 Å². The Labute approximate surface area is 558 Å². The number of para-hydroxylation sites is 2. The summed E-state index contributed by atoms with van der Waals surface area (Å²) in [5, 5.41) is 31.3. The number of nitrogens with zero attached hydrogens (tertiary/aromatic N) is 6. The molecular formula is C89H53BN6. The largest absolute Gasteiger partial charge is 0.310 e. The van der Waals surface area contributed by atoms with Gasteiger partial charge in [0.2, 0.25) is 0 Å². The molecular weight excluding hydrogens is 1160 g/mol. The van der Waals surface area contributed by atoms with E-state index in [-0.39, 0.29) is 6.71 Å². The van der Waals surface area contributed by atoms with Crippen LogP contribution in [0.3, 0.4) is 0 Å². The van der Waals surface area contributed by atoms with Crippen molar-refractivity contribution >= 4 is 62.9 Å². The van der Waals surface area contributed by atoms with E-state index in [4.69, 9.17) is 6.57 Å². The van der Waals surface area contributed by atoms with Gasteiger partial charge in [-0.1, -0.05) is 261 Å². The normalized spacial score (nSPS) is 12.6. The van der Waals surface area contributed by atoms with Crippen molar-refractivity contribution in [1.82, 2.24) is 0 Å². The van der Waals surface area contributed by atoms with Crippen LogP contribution in [0.25, 0.3) is 82.7 Å². The van der Waals surface area contributed by atoms with Crippen LogP contribution in [0.1, 0.15) is 38.9 Å². The zero-order valence-electron chi connectivity index (χ0n) is 51.9. The van der Waals surface area contributed by atoms with Crippen molar-refractivity contribution in [3.05, 3.63) is 372 Å². The van der Waals surface area contributed by atoms with Gasteiger partial charge in [-0.15, -0.1) is 0 Å². The zero-order valence-corrected chi connectivity index (χ0v) is 51.9. The average molecular weight is 1220 g/mol. The molecule has 14 aromatic carbocycles. The molecule has 0 atom stereocenters. The summed E-state index contributed by atoms with van der Waals surface area (Å²) in [5.74, 6) is 0. The van der Waals surface area contributed by atoms with Crippen LogP contribution in [-0.4, -0.2) is 6.71 Å². The summed E-state index contributed by atoms with van der Waals surface area (Å²) < 4.78 is 0. The van der Waals surface area contributed by atoms with E-state index in [0.29, 0.717) is 22.4 Å². The van der Waals surface area contributed by atoms with Gasteiger partial charge in [-0.2, -0.15) is 15.8 Å². The second-order valence-corrected chi connectivity index (χ2v) is 24.7. The first-order valence-corrected chi connectivity index (χ1v) is 32.1. The average Bonchev–Trinajstić information content (AvgIpc) is 1.06. The maximum atomic E-state index is 10.7. The van der Waals surface area contributed by atoms with Crippen LogP contribution >= 0.6 is 0 Å². The van der Waals surface area contributed by atoms with Crippen LogP contribution < -0.4 is 26.2 Å². The highest BCUT2D eigenvalue weighted by molar-refractivity contribution is 7.00. The Kier molecular flexibility index (Phi) is 13.6. The number of rotatable bonds is 10. The minimum Gasteiger partial charge on any atom is -0.310 e. The Morgan fingerprint density at radius 2 is 0.688 bits per heavy atom. The summed E-state index contributed by atoms with van der Waals surface area (Å²) in [6, 6.07) is 121. The smallest absolute Gasteiger partial charge is 0.252 e. The second-order valence-electron chi connectivity index (χ2n) is 24.7. The van der Waals surface area contributed by atoms with Gasteiger partial charge in [-0.05, 0) is 155 Å². The Morgan fingerprint density at radius 1 is 0.302 bits per heavy atom. The number of anilines is 6. The van der Waals surface area contributed by atoms with Crippen LogP contribution in [0.5, 0.6) is 0 Å². The third-order valence-corrected chi connectivity index (χ3v) is 19.7. The third kappa shape index (κ3) is 9.00. The second kappa shape index (κ2) is 23.1. The first-order chi connectivity index (χ1) is 47.4. The molecule has 3 aliphatic rings. The van der Waals surface area contributed by atoms with Gasteiger partial charge in [-0.3, -0.25) is 0 Å². The minimum absolute atomic E-state index is 0.388. The molecule has 0 N–H and O–H groups in total. The fraction of sp³-hybridized carbons (Fsp3) is 0.0112. The van der Waals surface area contributed by atoms with Crippen molar-refractivity contribution in [2.75, 3.05) is 9.80 Å². The number of hydrogen-bond donors (Lipinski definition) is 0. The van der Waals surface area contributed by atoms with E-state index in [0.717, 1.165) is 151 Å². The summed E-state index contributed by atoms with van der Waals surface area (Å²) in [4.78, 5) is 8.92. The summed E-state index contributed by atoms with van der Waals surface area (Å²) in [6.07, 6.45) is 0. The van der Waals surface area contributed by atoms with Gasteiger partial charge in [0.25, 0.3) is 6.71 Å². The Morgan fingerprint density at radius 3 is 1.15 bits per heavy atom. The SMILES string of the molecule is [C-]#[N+]c1ccc(-c2cccc(-c3cccc(C#N)c3)c2N2c3ccc(-c4ccccc4)cc3B3c4cc(-c5ccccc5)ccc4N(c4c(-c5ccc(C#N)cc5)cccc4-c4ccc(C#N)cc4)c4cc(C5(c6ccccc6)c6ccccc6-c6ccccc65)cc2c43)cc1. The van der Waals surface area contributed by atoms with Crippen molar-refractivity contribution in [2.45, 2.75) is 5.41 Å². The lowest BCUT2D eigenvalue weighted by Crippen LogP contribution is -2.61. The van der Waals surface area contributed by atoms with E-state index in [2.05, 4.69) is 300 Å². The van der Waals surface area contributed by atoms with Gasteiger partial charge < -0.3 is 9.80 Å². The molecule has 442 valence electrons. The molecule has 2 aliphatic heterocycles. The Bertz CT molecular complexity index is 5520. The maximum absolute atomic E-state index is 10.7. The number of fused-ring (bicyclic) bond motifs is 7. The van der Waals surface area contributed by atoms with Crippen molar-refractivity contribution in [1.29, 1.82) is 15.8 Å². The summed E-state index contributed by atoms with van der Waals surface area (Å²) in [6.45, 7) is 7.70. The molecule has 0 saturated carbocycles. The highest BCUT2D eigenvalue weighted by Crippen LogP contribution is 2.60. The van der Waals surface area contributed by atoms with Crippen LogP contribution in [0.2, 0.25) is 0 Å². The van der Waals surface area contributed by atoms with Crippen molar-refractivity contribution in [2.24, 2.45) is 0 Å². The molecule has 0 amide bonds. The standard InChI is InChI=1S/C89H53BN6/c1-94-71-46-42-65(43-47-71)74-30-17-31-75(68-23-15-18-60(50-68)57-93)88(74)96-83-49-45-67(62-21-7-3-8-22-62)52-81(83)90-80-51-66(61-19-5-2-6-20-61)44-48-82(80)95(87-72(63-38-34-58(55-91)35-39-63)28-16-29-73(87)64-40-36-59(56-92)37-41-64)84-53-70(54-85(96)86(84)90)89(69-24-9-4-10-25-69)78-32-13-11-26-76(78)77-27-12-14-33-79(77)89/h2-54H. The van der Waals surface area contributed by atoms with E-state index >= 15 is 0 Å². The Balaban J connectivity index is 1.10. The zero-order chi connectivity index (χ0) is 64.4. The monoisotopic (exact) mass is 1220 g/mol. The molecule has 6 nitrogen and oxygen atoms in total. The lowest BCUT2D eigenvalue weighted by molar-refractivity contribution is 0.768. The molecule has 7 heteroatoms. The summed E-state index contributed by atoms with van der Waals surface area (Å²) in [5.41, 5.74) is 28.8. The number of benzene rings is 14. The van der Waals surface area contributed by atoms with Crippen molar-refractivity contribution in [3.8, 4) is 96.1 Å². The predicted octanol–water partition coefficient (Wildman–Crippen LogP) is 20.3. The van der Waals surface area contributed by atoms with Gasteiger partial charge in [0.05, 0.1) is 58.3 Å². The molecule has 17 rings (SSSR count). The topological polar surface area (TPSA) is 82.2 Å². The van der Waals surface area contributed by atoms with Crippen LogP contribution in [-0.2, 0) is 5.41 Å². The third-order valence-electron chi connectivity index (χ3n) is 19.7. The molecule has 96 heavy (non-hydrogen) atoms. The van der Waals surface area contributed by atoms with Gasteiger partial charge in [0, 0.05) is 45.0 Å². The Hall–Kier alpha value is -13.3. The van der Waals surface area contributed by atoms with E-state index in [9.17, 15) is 15.8 Å². The molecule has 0 aromatic heterocycles. The highest BCUT2D eigenvalue weighted by atomic mass is 15.2. The summed E-state index contributed by atoms with van der Waals surface area (Å²) >= 11 is 0. The lowest BCUT2D eigenvalue weighted by atomic mass is 9.33. The first-order valence-electron chi connectivity index (χ1n) is 32.1. The van der Waals surface area contributed by atoms with Crippen molar-refractivity contribution in [3.63, 3.8) is 0 Å². The maximum Gasteiger partial charge on any atom is 0.252 e. The van der Waals surface area contributed by atoms with Crippen LogP contribution in [0, 0.1) is 40.6 Å². The number of hydrogen-bond acceptors (Lipinski definition) is 5. The van der Waals surface area contributed by atoms with Gasteiger partial charge >= 0.3 is 0 Å². The lowest BCUT2D eigenvalue weighted by Gasteiger charge is -2.47. The quantitative estimate of drug-likeness (QED) is 0.101. The predicted molar refractivity (Wildman–Crippen MR) is 391 cm³/mol. The summed E-state index contributed by atoms with van der Waals surface area (Å²) in [7, 11) is 0. The van der Waals surface area contributed by atoms with E-state index < -0.39 is 5.41 Å². The first kappa shape index (κ1) is 56.7. The van der Waals surface area contributed by atoms with Crippen LogP contribution in [0.4, 0.5) is 39.8 Å². The molecule has 0 radical (unpaired) electrons. The van der Waals surface area contributed by atoms with Gasteiger partial charge in [0.1, 0.15) is 0 Å². The molecule has 1 aliphatic carbocycles. The molecule has 0 fully saturated rings. The van der Waals surface area contributed by atoms with Gasteiger partial charge in [0.15, 0.2) is 5.69 Å². The fourth-order valence-corrected chi connectivity index (χ4v) is 15.5. The van der Waals surface area contributed by atoms with E-state index in [1.807, 2.05) is 54.6 Å². The van der Waals surface area contributed by atoms with Crippen LogP contribution in [0.15, 0.2) is 322 Å². The molecule has 0 bridgehead atoms. The molecule has 14 aromatic rings. The molecule has 2 heterocycles. The molecule has 0 unspecified atom stereocenters. The molecule has 0 saturated heterocycles. The highest BCUT2D eigenvalue weighted by Gasteiger charge is 2.50. The van der Waals surface area contributed by atoms with E-state index in [1.54, 1.807) is 0 Å². The van der Waals surface area contributed by atoms with E-state index in [1.165, 1.54) is 0 Å².